The monoisotopic (exact) mass is 272 g/mol. The molecule has 1 N–H and O–H groups in total. The molecule has 1 saturated heterocycles. The van der Waals surface area contributed by atoms with Crippen molar-refractivity contribution < 1.29 is 4.74 Å². The molecule has 1 aromatic heterocycles. The van der Waals surface area contributed by atoms with Gasteiger partial charge in [-0.15, -0.1) is 0 Å². The van der Waals surface area contributed by atoms with Crippen LogP contribution in [0.5, 0.6) is 5.88 Å². The van der Waals surface area contributed by atoms with Gasteiger partial charge in [0.15, 0.2) is 5.82 Å². The Morgan fingerprint density at radius 1 is 1.30 bits per heavy atom. The van der Waals surface area contributed by atoms with E-state index < -0.39 is 0 Å². The molecule has 106 valence electrons. The third-order valence-corrected chi connectivity index (χ3v) is 3.73. The number of likely N-dealkylation sites (N-methyl/N-ethyl adjacent to an activating group) is 1. The number of ether oxygens (including phenoxy) is 1. The first-order valence-corrected chi connectivity index (χ1v) is 7.03. The second-order valence-electron chi connectivity index (χ2n) is 5.22. The van der Waals surface area contributed by atoms with E-state index in [9.17, 15) is 0 Å². The SMILES string of the molecule is COc1nc2ccccc2nc1N(C)CC1CCCN1. The van der Waals surface area contributed by atoms with Crippen LogP contribution in [0.1, 0.15) is 12.8 Å². The summed E-state index contributed by atoms with van der Waals surface area (Å²) in [4.78, 5) is 11.4. The molecule has 0 amide bonds. The standard InChI is InChI=1S/C15H20N4O/c1-19(10-11-6-5-9-16-11)14-15(20-2)18-13-8-4-3-7-12(13)17-14/h3-4,7-8,11,16H,5-6,9-10H2,1-2H3. The number of anilines is 1. The van der Waals surface area contributed by atoms with Gasteiger partial charge in [0.2, 0.25) is 0 Å². The fourth-order valence-electron chi connectivity index (χ4n) is 2.69. The van der Waals surface area contributed by atoms with E-state index in [1.54, 1.807) is 7.11 Å². The molecule has 5 heteroatoms. The number of para-hydroxylation sites is 2. The zero-order valence-corrected chi connectivity index (χ0v) is 12.0. The highest BCUT2D eigenvalue weighted by Gasteiger charge is 2.20. The van der Waals surface area contributed by atoms with E-state index in [0.717, 1.165) is 29.9 Å². The normalized spacial score (nSPS) is 18.4. The van der Waals surface area contributed by atoms with Crippen LogP contribution in [-0.4, -0.2) is 43.3 Å². The molecule has 1 aromatic carbocycles. The maximum Gasteiger partial charge on any atom is 0.257 e. The fourth-order valence-corrected chi connectivity index (χ4v) is 2.69. The van der Waals surface area contributed by atoms with Gasteiger partial charge in [0.05, 0.1) is 18.1 Å². The molecule has 20 heavy (non-hydrogen) atoms. The van der Waals surface area contributed by atoms with E-state index in [2.05, 4.69) is 15.2 Å². The van der Waals surface area contributed by atoms with Gasteiger partial charge in [0.25, 0.3) is 5.88 Å². The lowest BCUT2D eigenvalue weighted by Crippen LogP contribution is -2.35. The summed E-state index contributed by atoms with van der Waals surface area (Å²) >= 11 is 0. The molecular weight excluding hydrogens is 252 g/mol. The van der Waals surface area contributed by atoms with E-state index >= 15 is 0 Å². The summed E-state index contributed by atoms with van der Waals surface area (Å²) in [6, 6.07) is 8.40. The predicted molar refractivity (Wildman–Crippen MR) is 80.4 cm³/mol. The molecule has 0 spiro atoms. The number of nitrogens with zero attached hydrogens (tertiary/aromatic N) is 3. The number of methoxy groups -OCH3 is 1. The van der Waals surface area contributed by atoms with Crippen molar-refractivity contribution in [3.05, 3.63) is 24.3 Å². The quantitative estimate of drug-likeness (QED) is 0.920. The summed E-state index contributed by atoms with van der Waals surface area (Å²) in [5.41, 5.74) is 1.76. The molecule has 2 heterocycles. The van der Waals surface area contributed by atoms with Crippen LogP contribution in [-0.2, 0) is 0 Å². The van der Waals surface area contributed by atoms with Crippen LogP contribution in [0.15, 0.2) is 24.3 Å². The number of aromatic nitrogens is 2. The lowest BCUT2D eigenvalue weighted by atomic mass is 10.2. The average Bonchev–Trinajstić information content (AvgIpc) is 2.98. The third-order valence-electron chi connectivity index (χ3n) is 3.73. The van der Waals surface area contributed by atoms with E-state index in [0.29, 0.717) is 11.9 Å². The molecule has 1 fully saturated rings. The van der Waals surface area contributed by atoms with E-state index in [4.69, 9.17) is 9.72 Å². The minimum atomic E-state index is 0.526. The number of fused-ring (bicyclic) bond motifs is 1. The second kappa shape index (κ2) is 5.63. The minimum absolute atomic E-state index is 0.526. The molecule has 0 saturated carbocycles. The van der Waals surface area contributed by atoms with Crippen LogP contribution in [0, 0.1) is 0 Å². The lowest BCUT2D eigenvalue weighted by molar-refractivity contribution is 0.397. The van der Waals surface area contributed by atoms with Crippen molar-refractivity contribution in [2.24, 2.45) is 0 Å². The van der Waals surface area contributed by atoms with Gasteiger partial charge in [-0.3, -0.25) is 0 Å². The third kappa shape index (κ3) is 2.54. The molecule has 1 aliphatic heterocycles. The van der Waals surface area contributed by atoms with Gasteiger partial charge >= 0.3 is 0 Å². The van der Waals surface area contributed by atoms with Crippen molar-refractivity contribution in [3.63, 3.8) is 0 Å². The van der Waals surface area contributed by atoms with Crippen LogP contribution < -0.4 is 15.0 Å². The van der Waals surface area contributed by atoms with Crippen molar-refractivity contribution in [2.75, 3.05) is 32.1 Å². The van der Waals surface area contributed by atoms with Gasteiger partial charge in [0, 0.05) is 19.6 Å². The summed E-state index contributed by atoms with van der Waals surface area (Å²) in [5, 5.41) is 3.50. The predicted octanol–water partition coefficient (Wildman–Crippen LogP) is 1.83. The summed E-state index contributed by atoms with van der Waals surface area (Å²) in [6.07, 6.45) is 2.46. The Hall–Kier alpha value is -1.88. The van der Waals surface area contributed by atoms with E-state index in [1.165, 1.54) is 12.8 Å². The van der Waals surface area contributed by atoms with Gasteiger partial charge in [-0.2, -0.15) is 0 Å². The Morgan fingerprint density at radius 2 is 2.05 bits per heavy atom. The zero-order chi connectivity index (χ0) is 13.9. The molecule has 3 rings (SSSR count). The van der Waals surface area contributed by atoms with Gasteiger partial charge in [-0.1, -0.05) is 12.1 Å². The number of hydrogen-bond donors (Lipinski definition) is 1. The molecule has 1 unspecified atom stereocenters. The number of nitrogens with one attached hydrogen (secondary N) is 1. The van der Waals surface area contributed by atoms with Gasteiger partial charge in [-0.25, -0.2) is 9.97 Å². The molecule has 0 aliphatic carbocycles. The largest absolute Gasteiger partial charge is 0.478 e. The Morgan fingerprint density at radius 3 is 2.70 bits per heavy atom. The maximum absolute atomic E-state index is 5.40. The van der Waals surface area contributed by atoms with Crippen LogP contribution in [0.25, 0.3) is 11.0 Å². The van der Waals surface area contributed by atoms with Crippen LogP contribution >= 0.6 is 0 Å². The van der Waals surface area contributed by atoms with Gasteiger partial charge in [0.1, 0.15) is 0 Å². The highest BCUT2D eigenvalue weighted by atomic mass is 16.5. The highest BCUT2D eigenvalue weighted by molar-refractivity contribution is 5.77. The zero-order valence-electron chi connectivity index (χ0n) is 12.0. The topological polar surface area (TPSA) is 50.3 Å². The molecule has 2 aromatic rings. The first kappa shape index (κ1) is 13.1. The maximum atomic E-state index is 5.40. The Balaban J connectivity index is 1.91. The van der Waals surface area contributed by atoms with Gasteiger partial charge < -0.3 is 15.0 Å². The minimum Gasteiger partial charge on any atom is -0.478 e. The number of benzene rings is 1. The van der Waals surface area contributed by atoms with Crippen molar-refractivity contribution in [1.29, 1.82) is 0 Å². The smallest absolute Gasteiger partial charge is 0.257 e. The summed E-state index contributed by atoms with van der Waals surface area (Å²) in [7, 11) is 3.69. The van der Waals surface area contributed by atoms with E-state index in [1.807, 2.05) is 31.3 Å². The molecule has 1 atom stereocenters. The fraction of sp³-hybridized carbons (Fsp3) is 0.467. The summed E-state index contributed by atoms with van der Waals surface area (Å²) in [6.45, 7) is 2.03. The molecular formula is C15H20N4O. The molecule has 0 bridgehead atoms. The van der Waals surface area contributed by atoms with E-state index in [-0.39, 0.29) is 0 Å². The summed E-state index contributed by atoms with van der Waals surface area (Å²) in [5.74, 6) is 1.39. The van der Waals surface area contributed by atoms with Crippen molar-refractivity contribution in [3.8, 4) is 5.88 Å². The van der Waals surface area contributed by atoms with Crippen LogP contribution in [0.3, 0.4) is 0 Å². The molecule has 0 radical (unpaired) electrons. The number of hydrogen-bond acceptors (Lipinski definition) is 5. The molecule has 5 nitrogen and oxygen atoms in total. The van der Waals surface area contributed by atoms with Crippen molar-refractivity contribution in [1.82, 2.24) is 15.3 Å². The summed E-state index contributed by atoms with van der Waals surface area (Å²) < 4.78 is 5.40. The van der Waals surface area contributed by atoms with Crippen molar-refractivity contribution >= 4 is 16.9 Å². The second-order valence-corrected chi connectivity index (χ2v) is 5.22. The van der Waals surface area contributed by atoms with Crippen LogP contribution in [0.2, 0.25) is 0 Å². The Bertz CT molecular complexity index is 595. The van der Waals surface area contributed by atoms with Crippen LogP contribution in [0.4, 0.5) is 5.82 Å². The molecule has 1 aliphatic rings. The average molecular weight is 272 g/mol. The first-order chi connectivity index (χ1) is 9.78. The Kier molecular flexibility index (Phi) is 3.69. The lowest BCUT2D eigenvalue weighted by Gasteiger charge is -2.23. The van der Waals surface area contributed by atoms with Gasteiger partial charge in [-0.05, 0) is 31.5 Å². The Labute approximate surface area is 119 Å². The number of rotatable bonds is 4. The van der Waals surface area contributed by atoms with Crippen molar-refractivity contribution in [2.45, 2.75) is 18.9 Å². The highest BCUT2D eigenvalue weighted by Crippen LogP contribution is 2.26. The first-order valence-electron chi connectivity index (χ1n) is 7.03.